The normalized spacial score (nSPS) is 11.4. The van der Waals surface area contributed by atoms with Crippen molar-refractivity contribution in [2.75, 3.05) is 10.0 Å². The number of hydrogen-bond donors (Lipinski definition) is 2. The molecule has 0 aliphatic carbocycles. The largest absolute Gasteiger partial charge is 0.337 e. The lowest BCUT2D eigenvalue weighted by atomic mass is 10.2. The molecule has 1 aromatic carbocycles. The van der Waals surface area contributed by atoms with E-state index in [4.69, 9.17) is 0 Å². The Labute approximate surface area is 160 Å². The minimum atomic E-state index is -3.66. The smallest absolute Gasteiger partial charge is 0.272 e. The Hall–Kier alpha value is -3.04. The van der Waals surface area contributed by atoms with E-state index in [1.807, 2.05) is 37.3 Å². The predicted molar refractivity (Wildman–Crippen MR) is 107 cm³/mol. The third kappa shape index (κ3) is 3.74. The van der Waals surface area contributed by atoms with Gasteiger partial charge in [0.05, 0.1) is 11.2 Å². The third-order valence-electron chi connectivity index (χ3n) is 3.78. The van der Waals surface area contributed by atoms with Crippen molar-refractivity contribution in [3.63, 3.8) is 0 Å². The second-order valence-electron chi connectivity index (χ2n) is 5.78. The Bertz CT molecular complexity index is 1200. The quantitative estimate of drug-likeness (QED) is 0.529. The van der Waals surface area contributed by atoms with Gasteiger partial charge in [0.15, 0.2) is 11.6 Å². The van der Waals surface area contributed by atoms with Crippen LogP contribution in [-0.2, 0) is 10.0 Å². The number of hydrogen-bond acceptors (Lipinski definition) is 7. The summed E-state index contributed by atoms with van der Waals surface area (Å²) < 4.78 is 27.4. The van der Waals surface area contributed by atoms with E-state index in [-0.39, 0.29) is 10.0 Å². The lowest BCUT2D eigenvalue weighted by Gasteiger charge is -2.09. The highest BCUT2D eigenvalue weighted by Gasteiger charge is 2.17. The van der Waals surface area contributed by atoms with Crippen LogP contribution in [-0.4, -0.2) is 23.6 Å². The number of nitrogens with one attached hydrogen (secondary N) is 2. The van der Waals surface area contributed by atoms with Gasteiger partial charge in [-0.05, 0) is 43.3 Å². The lowest BCUT2D eigenvalue weighted by molar-refractivity contribution is 0.603. The van der Waals surface area contributed by atoms with Crippen LogP contribution in [0, 0.1) is 6.92 Å². The molecule has 3 heterocycles. The number of benzene rings is 1. The summed E-state index contributed by atoms with van der Waals surface area (Å²) in [6, 6.07) is 16.2. The number of para-hydroxylation sites is 1. The van der Waals surface area contributed by atoms with Gasteiger partial charge in [0.2, 0.25) is 0 Å². The van der Waals surface area contributed by atoms with Crippen molar-refractivity contribution in [2.45, 2.75) is 11.1 Å². The second kappa shape index (κ2) is 6.93. The molecule has 0 saturated heterocycles. The van der Waals surface area contributed by atoms with E-state index in [0.717, 1.165) is 21.5 Å². The molecule has 136 valence electrons. The van der Waals surface area contributed by atoms with Gasteiger partial charge in [0, 0.05) is 16.5 Å². The number of thiophene rings is 1. The Balaban J connectivity index is 1.54. The Morgan fingerprint density at radius 1 is 0.926 bits per heavy atom. The van der Waals surface area contributed by atoms with Gasteiger partial charge in [0.25, 0.3) is 10.0 Å². The van der Waals surface area contributed by atoms with E-state index in [0.29, 0.717) is 5.82 Å². The van der Waals surface area contributed by atoms with Crippen LogP contribution in [0.5, 0.6) is 0 Å². The third-order valence-corrected chi connectivity index (χ3v) is 6.63. The topological polar surface area (TPSA) is 96.9 Å². The van der Waals surface area contributed by atoms with E-state index in [9.17, 15) is 8.42 Å². The highest BCUT2D eigenvalue weighted by atomic mass is 32.2. The molecule has 9 heteroatoms. The molecule has 0 saturated carbocycles. The molecule has 4 aromatic rings. The molecule has 0 atom stereocenters. The van der Waals surface area contributed by atoms with Gasteiger partial charge in [-0.15, -0.1) is 21.5 Å². The van der Waals surface area contributed by atoms with Crippen molar-refractivity contribution < 1.29 is 8.42 Å². The highest BCUT2D eigenvalue weighted by Crippen LogP contribution is 2.25. The zero-order valence-corrected chi connectivity index (χ0v) is 15.9. The highest BCUT2D eigenvalue weighted by molar-refractivity contribution is 7.94. The van der Waals surface area contributed by atoms with E-state index in [1.54, 1.807) is 30.5 Å². The fourth-order valence-corrected chi connectivity index (χ4v) is 4.82. The number of anilines is 3. The minimum Gasteiger partial charge on any atom is -0.337 e. The maximum absolute atomic E-state index is 12.3. The lowest BCUT2D eigenvalue weighted by Crippen LogP contribution is -2.13. The zero-order chi connectivity index (χ0) is 18.9. The van der Waals surface area contributed by atoms with Crippen LogP contribution >= 0.6 is 11.3 Å². The summed E-state index contributed by atoms with van der Waals surface area (Å²) in [4.78, 5) is 5.30. The first kappa shape index (κ1) is 17.4. The summed E-state index contributed by atoms with van der Waals surface area (Å²) in [5, 5.41) is 12.2. The number of aryl methyl sites for hydroxylation is 1. The molecule has 7 nitrogen and oxygen atoms in total. The van der Waals surface area contributed by atoms with Gasteiger partial charge in [-0.25, -0.2) is 8.42 Å². The van der Waals surface area contributed by atoms with Crippen LogP contribution in [0.3, 0.4) is 0 Å². The van der Waals surface area contributed by atoms with E-state index in [1.165, 1.54) is 11.3 Å². The van der Waals surface area contributed by atoms with Gasteiger partial charge in [-0.3, -0.25) is 9.71 Å². The molecule has 0 aliphatic rings. The minimum absolute atomic E-state index is 0.155. The number of pyridine rings is 1. The van der Waals surface area contributed by atoms with Crippen molar-refractivity contribution in [3.8, 4) is 0 Å². The number of sulfonamides is 1. The number of aromatic nitrogens is 3. The monoisotopic (exact) mass is 397 g/mol. The summed E-state index contributed by atoms with van der Waals surface area (Å²) in [7, 11) is -3.66. The summed E-state index contributed by atoms with van der Waals surface area (Å²) in [5.41, 5.74) is 1.62. The second-order valence-corrected chi connectivity index (χ2v) is 8.98. The SMILES string of the molecule is Cc1ccc(S(=O)(=O)Nc2ccc(Nc3cccc4cccnc34)nn2)s1. The summed E-state index contributed by atoms with van der Waals surface area (Å²) in [6.45, 7) is 1.85. The summed E-state index contributed by atoms with van der Waals surface area (Å²) in [5.74, 6) is 0.644. The molecule has 0 aliphatic heterocycles. The van der Waals surface area contributed by atoms with E-state index >= 15 is 0 Å². The van der Waals surface area contributed by atoms with Crippen molar-refractivity contribution in [3.05, 3.63) is 65.7 Å². The number of rotatable bonds is 5. The Kier molecular flexibility index (Phi) is 4.46. The van der Waals surface area contributed by atoms with Gasteiger partial charge in [-0.2, -0.15) is 0 Å². The van der Waals surface area contributed by atoms with Crippen LogP contribution in [0.2, 0.25) is 0 Å². The molecule has 2 N–H and O–H groups in total. The fourth-order valence-electron chi connectivity index (χ4n) is 2.54. The first-order valence-corrected chi connectivity index (χ1v) is 10.3. The van der Waals surface area contributed by atoms with E-state index < -0.39 is 10.0 Å². The molecule has 3 aromatic heterocycles. The van der Waals surface area contributed by atoms with Crippen LogP contribution in [0.1, 0.15) is 4.88 Å². The summed E-state index contributed by atoms with van der Waals surface area (Å²) >= 11 is 1.20. The van der Waals surface area contributed by atoms with Crippen molar-refractivity contribution in [2.24, 2.45) is 0 Å². The van der Waals surface area contributed by atoms with Gasteiger partial charge in [0.1, 0.15) is 4.21 Å². The van der Waals surface area contributed by atoms with Crippen molar-refractivity contribution >= 4 is 49.6 Å². The first-order chi connectivity index (χ1) is 13.0. The predicted octanol–water partition coefficient (Wildman–Crippen LogP) is 3.94. The van der Waals surface area contributed by atoms with Gasteiger partial charge >= 0.3 is 0 Å². The molecule has 0 amide bonds. The van der Waals surface area contributed by atoms with Crippen LogP contribution in [0.15, 0.2) is 65.0 Å². The Morgan fingerprint density at radius 2 is 1.70 bits per heavy atom. The number of fused-ring (bicyclic) bond motifs is 1. The maximum atomic E-state index is 12.3. The molecule has 4 rings (SSSR count). The molecule has 0 radical (unpaired) electrons. The molecule has 0 spiro atoms. The molecular formula is C18H15N5O2S2. The van der Waals surface area contributed by atoms with E-state index in [2.05, 4.69) is 25.2 Å². The molecule has 27 heavy (non-hydrogen) atoms. The zero-order valence-electron chi connectivity index (χ0n) is 14.2. The van der Waals surface area contributed by atoms with Gasteiger partial charge in [-0.1, -0.05) is 18.2 Å². The van der Waals surface area contributed by atoms with Crippen LogP contribution in [0.4, 0.5) is 17.3 Å². The molecule has 0 bridgehead atoms. The first-order valence-electron chi connectivity index (χ1n) is 8.05. The summed E-state index contributed by atoms with van der Waals surface area (Å²) in [6.07, 6.45) is 1.73. The molecule has 0 unspecified atom stereocenters. The number of nitrogens with zero attached hydrogens (tertiary/aromatic N) is 3. The Morgan fingerprint density at radius 3 is 2.44 bits per heavy atom. The van der Waals surface area contributed by atoms with Crippen LogP contribution in [0.25, 0.3) is 10.9 Å². The van der Waals surface area contributed by atoms with Crippen molar-refractivity contribution in [1.82, 2.24) is 15.2 Å². The maximum Gasteiger partial charge on any atom is 0.272 e. The fraction of sp³-hybridized carbons (Fsp3) is 0.0556. The van der Waals surface area contributed by atoms with Gasteiger partial charge < -0.3 is 5.32 Å². The van der Waals surface area contributed by atoms with Crippen LogP contribution < -0.4 is 10.0 Å². The average molecular weight is 397 g/mol. The molecule has 0 fully saturated rings. The van der Waals surface area contributed by atoms with Crippen molar-refractivity contribution in [1.29, 1.82) is 0 Å². The molecular weight excluding hydrogens is 382 g/mol. The standard InChI is InChI=1S/C18H15N5O2S2/c1-12-7-10-17(26-12)27(24,25)23-16-9-8-15(21-22-16)20-14-6-2-4-13-5-3-11-19-18(13)14/h2-11H,1H3,(H,20,21)(H,22,23). The average Bonchev–Trinajstić information content (AvgIpc) is 3.11.